The molecule has 1 aromatic heterocycles. The second-order valence-corrected chi connectivity index (χ2v) is 7.52. The van der Waals surface area contributed by atoms with Crippen molar-refractivity contribution in [3.8, 4) is 0 Å². The second kappa shape index (κ2) is 6.69. The number of nitrogens with zero attached hydrogens (tertiary/aromatic N) is 2. The molecule has 5 heteroatoms. The van der Waals surface area contributed by atoms with Crippen LogP contribution in [-0.2, 0) is 0 Å². The van der Waals surface area contributed by atoms with Crippen LogP contribution in [0.1, 0.15) is 67.3 Å². The highest BCUT2D eigenvalue weighted by atomic mass is 16.4. The summed E-state index contributed by atoms with van der Waals surface area (Å²) in [5.41, 5.74) is 0.715. The Hall–Kier alpha value is -1.91. The van der Waals surface area contributed by atoms with Gasteiger partial charge in [-0.1, -0.05) is 20.8 Å². The molecular weight excluding hydrogens is 292 g/mol. The first kappa shape index (κ1) is 17.4. The Morgan fingerprint density at radius 1 is 1.17 bits per heavy atom. The minimum absolute atomic E-state index is 0.0925. The zero-order valence-electron chi connectivity index (χ0n) is 14.4. The van der Waals surface area contributed by atoms with Gasteiger partial charge in [-0.2, -0.15) is 0 Å². The summed E-state index contributed by atoms with van der Waals surface area (Å²) in [4.78, 5) is 29.1. The van der Waals surface area contributed by atoms with Gasteiger partial charge in [0.05, 0.1) is 5.56 Å². The van der Waals surface area contributed by atoms with E-state index in [0.29, 0.717) is 17.0 Å². The standard InChI is InChI=1S/C18H26N2O3/c1-18(2,3)13-6-8-14(9-7-13)20(4)16(21)15-10-5-12(11-19-15)17(22)23/h5,10-11,13-14H,6-9H2,1-4H3,(H,22,23). The van der Waals surface area contributed by atoms with Gasteiger partial charge in [-0.05, 0) is 49.1 Å². The number of amides is 1. The normalized spacial score (nSPS) is 21.7. The summed E-state index contributed by atoms with van der Waals surface area (Å²) in [5.74, 6) is -0.471. The fourth-order valence-electron chi connectivity index (χ4n) is 3.32. The van der Waals surface area contributed by atoms with E-state index in [1.807, 2.05) is 7.05 Å². The Bertz CT molecular complexity index is 567. The van der Waals surface area contributed by atoms with E-state index < -0.39 is 5.97 Å². The SMILES string of the molecule is CN(C(=O)c1ccc(C(=O)O)cn1)C1CCC(C(C)(C)C)CC1. The van der Waals surface area contributed by atoms with Crippen LogP contribution in [0, 0.1) is 11.3 Å². The van der Waals surface area contributed by atoms with E-state index in [9.17, 15) is 9.59 Å². The number of carboxylic acid groups (broad SMARTS) is 1. The van der Waals surface area contributed by atoms with E-state index in [-0.39, 0.29) is 17.5 Å². The third kappa shape index (κ3) is 4.09. The van der Waals surface area contributed by atoms with E-state index in [2.05, 4.69) is 25.8 Å². The lowest BCUT2D eigenvalue weighted by atomic mass is 9.71. The number of rotatable bonds is 3. The third-order valence-electron chi connectivity index (χ3n) is 5.02. The number of aromatic carboxylic acids is 1. The number of hydrogen-bond acceptors (Lipinski definition) is 3. The molecule has 0 spiro atoms. The summed E-state index contributed by atoms with van der Waals surface area (Å²) in [6, 6.07) is 3.15. The molecule has 1 aliphatic rings. The Labute approximate surface area is 137 Å². The van der Waals surface area contributed by atoms with Crippen LogP contribution in [0.3, 0.4) is 0 Å². The van der Waals surface area contributed by atoms with Gasteiger partial charge < -0.3 is 10.0 Å². The average molecular weight is 318 g/mol. The first-order valence-corrected chi connectivity index (χ1v) is 8.16. The molecule has 0 aromatic carbocycles. The summed E-state index contributed by atoms with van der Waals surface area (Å²) in [7, 11) is 1.82. The number of pyridine rings is 1. The highest BCUT2D eigenvalue weighted by molar-refractivity contribution is 5.93. The molecule has 5 nitrogen and oxygen atoms in total. The first-order valence-electron chi connectivity index (χ1n) is 8.16. The maximum Gasteiger partial charge on any atom is 0.337 e. The van der Waals surface area contributed by atoms with Crippen LogP contribution < -0.4 is 0 Å². The topological polar surface area (TPSA) is 70.5 Å². The Kier molecular flexibility index (Phi) is 5.07. The van der Waals surface area contributed by atoms with Crippen LogP contribution in [0.15, 0.2) is 18.3 Å². The molecule has 1 heterocycles. The van der Waals surface area contributed by atoms with Gasteiger partial charge in [0.15, 0.2) is 0 Å². The molecule has 0 aliphatic heterocycles. The van der Waals surface area contributed by atoms with Crippen molar-refractivity contribution in [2.24, 2.45) is 11.3 Å². The largest absolute Gasteiger partial charge is 0.478 e. The lowest BCUT2D eigenvalue weighted by molar-refractivity contribution is 0.0616. The Morgan fingerprint density at radius 3 is 2.22 bits per heavy atom. The molecule has 2 rings (SSSR count). The number of aromatic nitrogens is 1. The fourth-order valence-corrected chi connectivity index (χ4v) is 3.32. The summed E-state index contributed by atoms with van der Waals surface area (Å²) >= 11 is 0. The van der Waals surface area contributed by atoms with Crippen molar-refractivity contribution in [3.05, 3.63) is 29.6 Å². The predicted octanol–water partition coefficient (Wildman–Crippen LogP) is 3.46. The average Bonchev–Trinajstić information content (AvgIpc) is 2.53. The van der Waals surface area contributed by atoms with E-state index in [1.54, 1.807) is 4.90 Å². The maximum atomic E-state index is 12.5. The van der Waals surface area contributed by atoms with Crippen molar-refractivity contribution in [2.45, 2.75) is 52.5 Å². The second-order valence-electron chi connectivity index (χ2n) is 7.52. The van der Waals surface area contributed by atoms with Gasteiger partial charge in [-0.15, -0.1) is 0 Å². The Balaban J connectivity index is 1.99. The lowest BCUT2D eigenvalue weighted by Crippen LogP contribution is -2.41. The molecule has 1 amide bonds. The van der Waals surface area contributed by atoms with Crippen molar-refractivity contribution in [2.75, 3.05) is 7.05 Å². The lowest BCUT2D eigenvalue weighted by Gasteiger charge is -2.39. The van der Waals surface area contributed by atoms with Crippen LogP contribution in [0.5, 0.6) is 0 Å². The third-order valence-corrected chi connectivity index (χ3v) is 5.02. The molecule has 0 saturated heterocycles. The van der Waals surface area contributed by atoms with E-state index in [1.165, 1.54) is 18.3 Å². The van der Waals surface area contributed by atoms with E-state index in [4.69, 9.17) is 5.11 Å². The zero-order chi connectivity index (χ0) is 17.2. The monoisotopic (exact) mass is 318 g/mol. The molecule has 1 aromatic rings. The molecule has 1 saturated carbocycles. The molecule has 126 valence electrons. The maximum absolute atomic E-state index is 12.5. The van der Waals surface area contributed by atoms with Gasteiger partial charge in [-0.3, -0.25) is 9.78 Å². The van der Waals surface area contributed by atoms with Gasteiger partial charge in [0, 0.05) is 19.3 Å². The molecule has 0 unspecified atom stereocenters. The summed E-state index contributed by atoms with van der Waals surface area (Å²) < 4.78 is 0. The predicted molar refractivity (Wildman–Crippen MR) is 88.5 cm³/mol. The van der Waals surface area contributed by atoms with Crippen molar-refractivity contribution >= 4 is 11.9 Å². The summed E-state index contributed by atoms with van der Waals surface area (Å²) in [5, 5.41) is 8.88. The van der Waals surface area contributed by atoms with Crippen molar-refractivity contribution in [1.82, 2.24) is 9.88 Å². The molecule has 0 radical (unpaired) electrons. The van der Waals surface area contributed by atoms with Gasteiger partial charge in [0.1, 0.15) is 5.69 Å². The number of carbonyl (C=O) groups excluding carboxylic acids is 1. The smallest absolute Gasteiger partial charge is 0.337 e. The summed E-state index contributed by atoms with van der Waals surface area (Å²) in [6.07, 6.45) is 5.53. The van der Waals surface area contributed by atoms with Crippen LogP contribution in [0.4, 0.5) is 0 Å². The van der Waals surface area contributed by atoms with Crippen LogP contribution >= 0.6 is 0 Å². The molecule has 1 N–H and O–H groups in total. The zero-order valence-corrected chi connectivity index (χ0v) is 14.4. The van der Waals surface area contributed by atoms with Gasteiger partial charge in [-0.25, -0.2) is 4.79 Å². The van der Waals surface area contributed by atoms with Crippen molar-refractivity contribution < 1.29 is 14.7 Å². The fraction of sp³-hybridized carbons (Fsp3) is 0.611. The molecule has 1 aliphatic carbocycles. The van der Waals surface area contributed by atoms with Gasteiger partial charge >= 0.3 is 5.97 Å². The van der Waals surface area contributed by atoms with E-state index >= 15 is 0 Å². The molecule has 1 fully saturated rings. The molecule has 23 heavy (non-hydrogen) atoms. The molecule has 0 bridgehead atoms. The molecule has 0 atom stereocenters. The van der Waals surface area contributed by atoms with Crippen molar-refractivity contribution in [1.29, 1.82) is 0 Å². The Morgan fingerprint density at radius 2 is 1.78 bits per heavy atom. The highest BCUT2D eigenvalue weighted by Crippen LogP contribution is 2.38. The van der Waals surface area contributed by atoms with Crippen LogP contribution in [-0.4, -0.2) is 40.0 Å². The summed E-state index contributed by atoms with van der Waals surface area (Å²) in [6.45, 7) is 6.84. The minimum Gasteiger partial charge on any atom is -0.478 e. The molecular formula is C18H26N2O3. The van der Waals surface area contributed by atoms with Crippen LogP contribution in [0.2, 0.25) is 0 Å². The number of carbonyl (C=O) groups is 2. The van der Waals surface area contributed by atoms with Gasteiger partial charge in [0.2, 0.25) is 0 Å². The van der Waals surface area contributed by atoms with Gasteiger partial charge in [0.25, 0.3) is 5.91 Å². The first-order chi connectivity index (χ1) is 10.7. The van der Waals surface area contributed by atoms with E-state index in [0.717, 1.165) is 25.7 Å². The van der Waals surface area contributed by atoms with Crippen LogP contribution in [0.25, 0.3) is 0 Å². The number of carboxylic acids is 1. The quantitative estimate of drug-likeness (QED) is 0.926. The van der Waals surface area contributed by atoms with Crippen molar-refractivity contribution in [3.63, 3.8) is 0 Å². The minimum atomic E-state index is -1.04. The number of hydrogen-bond donors (Lipinski definition) is 1. The highest BCUT2D eigenvalue weighted by Gasteiger charge is 2.32.